The van der Waals surface area contributed by atoms with Crippen LogP contribution in [-0.4, -0.2) is 11.5 Å². The Hall–Kier alpha value is -2.00. The molecule has 0 aliphatic rings. The molecule has 100 valence electrons. The van der Waals surface area contributed by atoms with Crippen LogP contribution in [0.5, 0.6) is 0 Å². The number of hydrogen-bond acceptors (Lipinski definition) is 3. The number of Topliss-reactive ketones (excluding diaryl/α,β-unsaturated/α-hetero) is 1. The molecule has 1 aromatic heterocycles. The minimum absolute atomic E-state index is 0.0210. The topological polar surface area (TPSA) is 30.2 Å². The first-order valence-electron chi connectivity index (χ1n) is 6.43. The fourth-order valence-electron chi connectivity index (χ4n) is 2.04. The molecule has 3 rings (SSSR count). The second-order valence-corrected chi connectivity index (χ2v) is 5.73. The summed E-state index contributed by atoms with van der Waals surface area (Å²) in [6.45, 7) is 2.05. The third kappa shape index (κ3) is 2.78. The number of ketones is 1. The van der Waals surface area contributed by atoms with Gasteiger partial charge in [0.2, 0.25) is 5.78 Å². The zero-order valence-electron chi connectivity index (χ0n) is 11.1. The maximum absolute atomic E-state index is 12.2. The molecular formula is C17H14O2S. The lowest BCUT2D eigenvalue weighted by molar-refractivity contribution is 0.0994. The smallest absolute Gasteiger partial charge is 0.208 e. The van der Waals surface area contributed by atoms with Gasteiger partial charge < -0.3 is 4.42 Å². The molecule has 0 atom stereocenters. The van der Waals surface area contributed by atoms with Crippen LogP contribution in [0, 0.1) is 6.92 Å². The summed E-state index contributed by atoms with van der Waals surface area (Å²) in [5.74, 6) is 0.850. The third-order valence-electron chi connectivity index (χ3n) is 3.06. The highest BCUT2D eigenvalue weighted by Gasteiger charge is 2.12. The highest BCUT2D eigenvalue weighted by atomic mass is 32.2. The molecule has 0 fully saturated rings. The molecule has 0 spiro atoms. The van der Waals surface area contributed by atoms with Gasteiger partial charge in [-0.1, -0.05) is 35.9 Å². The van der Waals surface area contributed by atoms with E-state index in [9.17, 15) is 4.79 Å². The fraction of sp³-hybridized carbons (Fsp3) is 0.118. The predicted molar refractivity (Wildman–Crippen MR) is 82.4 cm³/mol. The van der Waals surface area contributed by atoms with Gasteiger partial charge in [0.1, 0.15) is 5.58 Å². The summed E-state index contributed by atoms with van der Waals surface area (Å²) in [4.78, 5) is 13.3. The second-order valence-electron chi connectivity index (χ2n) is 4.68. The summed E-state index contributed by atoms with van der Waals surface area (Å²) in [7, 11) is 0. The zero-order valence-corrected chi connectivity index (χ0v) is 11.9. The van der Waals surface area contributed by atoms with Crippen molar-refractivity contribution in [2.75, 3.05) is 5.75 Å². The third-order valence-corrected chi connectivity index (χ3v) is 4.05. The van der Waals surface area contributed by atoms with Gasteiger partial charge in [0.25, 0.3) is 0 Å². The van der Waals surface area contributed by atoms with Crippen LogP contribution < -0.4 is 0 Å². The summed E-state index contributed by atoms with van der Waals surface area (Å²) in [6, 6.07) is 17.6. The van der Waals surface area contributed by atoms with E-state index >= 15 is 0 Å². The second kappa shape index (κ2) is 5.55. The van der Waals surface area contributed by atoms with Gasteiger partial charge in [0, 0.05) is 10.3 Å². The van der Waals surface area contributed by atoms with Gasteiger partial charge in [-0.05, 0) is 31.2 Å². The lowest BCUT2D eigenvalue weighted by Crippen LogP contribution is -2.00. The van der Waals surface area contributed by atoms with Crippen molar-refractivity contribution >= 4 is 28.5 Å². The Balaban J connectivity index is 1.73. The summed E-state index contributed by atoms with van der Waals surface area (Å²) in [5, 5.41) is 0.969. The molecule has 0 radical (unpaired) electrons. The van der Waals surface area contributed by atoms with Crippen LogP contribution in [0.3, 0.4) is 0 Å². The van der Waals surface area contributed by atoms with Crippen LogP contribution in [0.1, 0.15) is 16.1 Å². The Kier molecular flexibility index (Phi) is 3.61. The molecule has 0 aliphatic carbocycles. The van der Waals surface area contributed by atoms with Gasteiger partial charge >= 0.3 is 0 Å². The molecular weight excluding hydrogens is 268 g/mol. The van der Waals surface area contributed by atoms with E-state index in [2.05, 4.69) is 6.07 Å². The normalized spacial score (nSPS) is 10.8. The maximum Gasteiger partial charge on any atom is 0.208 e. The summed E-state index contributed by atoms with van der Waals surface area (Å²) in [6.07, 6.45) is 0. The standard InChI is InChI=1S/C17H14O2S/c1-12-5-4-7-14(9-12)20-11-15(18)17-10-13-6-2-3-8-16(13)19-17/h2-10H,11H2,1H3. The first kappa shape index (κ1) is 13.0. The molecule has 2 aromatic carbocycles. The van der Waals surface area contributed by atoms with Crippen LogP contribution in [-0.2, 0) is 0 Å². The molecule has 0 amide bonds. The van der Waals surface area contributed by atoms with Gasteiger partial charge in [-0.25, -0.2) is 0 Å². The maximum atomic E-state index is 12.2. The monoisotopic (exact) mass is 282 g/mol. The van der Waals surface area contributed by atoms with E-state index < -0.39 is 0 Å². The van der Waals surface area contributed by atoms with Crippen molar-refractivity contribution in [3.8, 4) is 0 Å². The van der Waals surface area contributed by atoms with Gasteiger partial charge in [-0.2, -0.15) is 0 Å². The number of furan rings is 1. The molecule has 0 saturated heterocycles. The molecule has 0 unspecified atom stereocenters. The van der Waals surface area contributed by atoms with Gasteiger partial charge in [0.15, 0.2) is 5.76 Å². The van der Waals surface area contributed by atoms with E-state index in [1.165, 1.54) is 17.3 Å². The highest BCUT2D eigenvalue weighted by Crippen LogP contribution is 2.23. The van der Waals surface area contributed by atoms with Crippen LogP contribution in [0.2, 0.25) is 0 Å². The Morgan fingerprint density at radius 2 is 1.95 bits per heavy atom. The van der Waals surface area contributed by atoms with Crippen molar-refractivity contribution in [2.24, 2.45) is 0 Å². The SMILES string of the molecule is Cc1cccc(SCC(=O)c2cc3ccccc3o2)c1. The molecule has 0 N–H and O–H groups in total. The van der Waals surface area contributed by atoms with Crippen molar-refractivity contribution in [3.05, 3.63) is 65.9 Å². The van der Waals surface area contributed by atoms with E-state index in [0.717, 1.165) is 15.9 Å². The number of carbonyl (C=O) groups is 1. The van der Waals surface area contributed by atoms with Crippen molar-refractivity contribution in [2.45, 2.75) is 11.8 Å². The number of benzene rings is 2. The van der Waals surface area contributed by atoms with Crippen molar-refractivity contribution in [3.63, 3.8) is 0 Å². The molecule has 3 aromatic rings. The molecule has 2 nitrogen and oxygen atoms in total. The number of thioether (sulfide) groups is 1. The lowest BCUT2D eigenvalue weighted by Gasteiger charge is -2.00. The van der Waals surface area contributed by atoms with Crippen LogP contribution in [0.25, 0.3) is 11.0 Å². The largest absolute Gasteiger partial charge is 0.453 e. The van der Waals surface area contributed by atoms with Crippen LogP contribution >= 0.6 is 11.8 Å². The quantitative estimate of drug-likeness (QED) is 0.512. The van der Waals surface area contributed by atoms with Crippen LogP contribution in [0.15, 0.2) is 63.9 Å². The van der Waals surface area contributed by atoms with Crippen molar-refractivity contribution in [1.82, 2.24) is 0 Å². The van der Waals surface area contributed by atoms with E-state index in [1.54, 1.807) is 0 Å². The predicted octanol–water partition coefficient (Wildman–Crippen LogP) is 4.72. The molecule has 3 heteroatoms. The Morgan fingerprint density at radius 1 is 1.10 bits per heavy atom. The van der Waals surface area contributed by atoms with Crippen molar-refractivity contribution in [1.29, 1.82) is 0 Å². The average Bonchev–Trinajstić information content (AvgIpc) is 2.89. The summed E-state index contributed by atoms with van der Waals surface area (Å²) >= 11 is 1.54. The number of para-hydroxylation sites is 1. The van der Waals surface area contributed by atoms with E-state index in [1.807, 2.05) is 55.5 Å². The highest BCUT2D eigenvalue weighted by molar-refractivity contribution is 8.00. The zero-order chi connectivity index (χ0) is 13.9. The number of carbonyl (C=O) groups excluding carboxylic acids is 1. The summed E-state index contributed by atoms with van der Waals surface area (Å²) < 4.78 is 5.58. The molecule has 1 heterocycles. The average molecular weight is 282 g/mol. The van der Waals surface area contributed by atoms with E-state index in [4.69, 9.17) is 4.42 Å². The lowest BCUT2D eigenvalue weighted by atomic mass is 10.2. The van der Waals surface area contributed by atoms with E-state index in [0.29, 0.717) is 11.5 Å². The fourth-order valence-corrected chi connectivity index (χ4v) is 2.93. The Labute approximate surface area is 121 Å². The minimum atomic E-state index is 0.0210. The van der Waals surface area contributed by atoms with Crippen LogP contribution in [0.4, 0.5) is 0 Å². The van der Waals surface area contributed by atoms with Gasteiger partial charge in [-0.15, -0.1) is 11.8 Å². The molecule has 0 aliphatic heterocycles. The van der Waals surface area contributed by atoms with Crippen molar-refractivity contribution < 1.29 is 9.21 Å². The minimum Gasteiger partial charge on any atom is -0.453 e. The number of aryl methyl sites for hydroxylation is 1. The Bertz CT molecular complexity index is 725. The number of hydrogen-bond donors (Lipinski definition) is 0. The summed E-state index contributed by atoms with van der Waals surface area (Å²) in [5.41, 5.74) is 1.96. The molecule has 20 heavy (non-hydrogen) atoms. The van der Waals surface area contributed by atoms with E-state index in [-0.39, 0.29) is 5.78 Å². The first-order chi connectivity index (χ1) is 9.72. The van der Waals surface area contributed by atoms with Gasteiger partial charge in [0.05, 0.1) is 5.75 Å². The molecule has 0 bridgehead atoms. The number of rotatable bonds is 4. The molecule has 0 saturated carbocycles. The Morgan fingerprint density at radius 3 is 2.75 bits per heavy atom. The first-order valence-corrected chi connectivity index (χ1v) is 7.42. The number of fused-ring (bicyclic) bond motifs is 1. The van der Waals surface area contributed by atoms with Gasteiger partial charge in [-0.3, -0.25) is 4.79 Å².